The topological polar surface area (TPSA) is 387 Å². The summed E-state index contributed by atoms with van der Waals surface area (Å²) in [5.74, 6) is -8.54. The number of hydrogen-bond donors (Lipinski definition) is 10. The molecule has 292 valence electrons. The summed E-state index contributed by atoms with van der Waals surface area (Å²) in [5, 5.41) is 44.7. The molecule has 0 bridgehead atoms. The first-order chi connectivity index (χ1) is 24.3. The van der Waals surface area contributed by atoms with Gasteiger partial charge in [0.1, 0.15) is 23.5 Å². The number of amides is 3. The minimum atomic E-state index is -5.03. The molecule has 53 heavy (non-hydrogen) atoms. The van der Waals surface area contributed by atoms with Crippen molar-refractivity contribution in [3.8, 4) is 0 Å². The number of carbonyl (C=O) groups excluding carboxylic acids is 3. The molecule has 24 nitrogen and oxygen atoms in total. The lowest BCUT2D eigenvalue weighted by molar-refractivity contribution is -0.161. The Bertz CT molecular complexity index is 1910. The molecule has 0 unspecified atom stereocenters. The van der Waals surface area contributed by atoms with E-state index in [4.69, 9.17) is 21.1 Å². The number of nitrogens with zero attached hydrogens (tertiary/aromatic N) is 4. The highest BCUT2D eigenvalue weighted by Gasteiger charge is 2.37. The van der Waals surface area contributed by atoms with Gasteiger partial charge in [-0.15, -0.1) is 22.7 Å². The fourth-order valence-corrected chi connectivity index (χ4v) is 5.24. The molecule has 0 aromatic carbocycles. The van der Waals surface area contributed by atoms with E-state index in [9.17, 15) is 57.1 Å². The van der Waals surface area contributed by atoms with Crippen LogP contribution in [0.15, 0.2) is 21.1 Å². The maximum absolute atomic E-state index is 13.6. The fraction of sp³-hybridized carbons (Fsp3) is 0.462. The van der Waals surface area contributed by atoms with Crippen molar-refractivity contribution in [2.24, 2.45) is 10.3 Å². The van der Waals surface area contributed by atoms with E-state index < -0.39 is 92.7 Å². The number of nitrogens with two attached hydrogens (primary N) is 2. The van der Waals surface area contributed by atoms with Crippen molar-refractivity contribution >= 4 is 90.3 Å². The lowest BCUT2D eigenvalue weighted by Gasteiger charge is -2.28. The molecule has 27 heteroatoms. The molecule has 0 aliphatic carbocycles. The number of hydrogen-bond acceptors (Lipinski definition) is 18. The highest BCUT2D eigenvalue weighted by atomic mass is 32.2. The molecule has 0 spiro atoms. The van der Waals surface area contributed by atoms with Gasteiger partial charge in [-0.3, -0.25) is 18.9 Å². The number of thiazole rings is 2. The predicted molar refractivity (Wildman–Crippen MR) is 185 cm³/mol. The first-order valence-electron chi connectivity index (χ1n) is 14.6. The molecule has 2 rings (SSSR count). The molecule has 0 fully saturated rings. The summed E-state index contributed by atoms with van der Waals surface area (Å²) in [6, 6.07) is -7.25. The van der Waals surface area contributed by atoms with Gasteiger partial charge in [-0.05, 0) is 41.5 Å². The lowest BCUT2D eigenvalue weighted by atomic mass is 10.1. The third kappa shape index (κ3) is 12.6. The number of carboxylic acids is 3. The molecule has 12 N–H and O–H groups in total. The van der Waals surface area contributed by atoms with Crippen LogP contribution in [0, 0.1) is 0 Å². The van der Waals surface area contributed by atoms with E-state index in [1.165, 1.54) is 10.8 Å². The molecule has 3 amide bonds. The van der Waals surface area contributed by atoms with Crippen LogP contribution in [0.2, 0.25) is 0 Å². The number of nitrogen functional groups attached to an aromatic ring is 2. The van der Waals surface area contributed by atoms with Crippen LogP contribution in [-0.4, -0.2) is 121 Å². The van der Waals surface area contributed by atoms with Crippen molar-refractivity contribution in [1.82, 2.24) is 30.6 Å². The lowest BCUT2D eigenvalue weighted by Crippen LogP contribution is -2.62. The maximum Gasteiger partial charge on any atom is 0.350 e. The van der Waals surface area contributed by atoms with Crippen molar-refractivity contribution in [1.29, 1.82) is 0 Å². The van der Waals surface area contributed by atoms with Gasteiger partial charge in [-0.2, -0.15) is 13.1 Å². The normalized spacial score (nSPS) is 14.9. The largest absolute Gasteiger partial charge is 0.480 e. The summed E-state index contributed by atoms with van der Waals surface area (Å²) in [7, 11) is -5.03. The van der Waals surface area contributed by atoms with Crippen LogP contribution >= 0.6 is 22.7 Å². The van der Waals surface area contributed by atoms with Gasteiger partial charge >= 0.3 is 28.2 Å². The Morgan fingerprint density at radius 2 is 1.15 bits per heavy atom. The first-order valence-corrected chi connectivity index (χ1v) is 17.8. The minimum Gasteiger partial charge on any atom is -0.480 e. The number of anilines is 2. The van der Waals surface area contributed by atoms with Gasteiger partial charge in [0.05, 0.1) is 12.1 Å². The molecule has 2 aromatic heterocycles. The molecule has 0 aliphatic heterocycles. The van der Waals surface area contributed by atoms with E-state index in [2.05, 4.69) is 36.2 Å². The molecular formula is C26H36N10O14S3. The number of carbonyl (C=O) groups is 6. The Hall–Kier alpha value is -5.51. The van der Waals surface area contributed by atoms with E-state index in [-0.39, 0.29) is 21.7 Å². The van der Waals surface area contributed by atoms with E-state index >= 15 is 0 Å². The number of nitrogens with one attached hydrogen (secondary N) is 4. The second-order valence-electron chi connectivity index (χ2n) is 11.8. The van der Waals surface area contributed by atoms with Crippen LogP contribution in [0.5, 0.6) is 0 Å². The Kier molecular flexibility index (Phi) is 14.3. The summed E-state index contributed by atoms with van der Waals surface area (Å²) in [4.78, 5) is 93.5. The quantitative estimate of drug-likeness (QED) is 0.0415. The molecule has 2 heterocycles. The molecule has 0 radical (unpaired) electrons. The van der Waals surface area contributed by atoms with Gasteiger partial charge in [0, 0.05) is 10.8 Å². The van der Waals surface area contributed by atoms with E-state index in [1.807, 2.05) is 0 Å². The average Bonchev–Trinajstić information content (AvgIpc) is 3.64. The Labute approximate surface area is 307 Å². The fourth-order valence-electron chi connectivity index (χ4n) is 3.54. The summed E-state index contributed by atoms with van der Waals surface area (Å²) in [5.41, 5.74) is 5.44. The zero-order valence-electron chi connectivity index (χ0n) is 28.5. The van der Waals surface area contributed by atoms with Gasteiger partial charge in [0.15, 0.2) is 21.7 Å². The number of aliphatic carboxylic acids is 3. The molecule has 4 atom stereocenters. The summed E-state index contributed by atoms with van der Waals surface area (Å²) < 4.78 is 34.4. The summed E-state index contributed by atoms with van der Waals surface area (Å²) in [6.45, 7) is 6.55. The highest BCUT2D eigenvalue weighted by Crippen LogP contribution is 2.17. The SMILES string of the molecule is C[C@H](NC(=O)[C@@H](NC(=O)/C(=N\OC(C)(C)C(=O)O)c1csc(N)n1)[C@H](C)NS(=O)(=O)O)[C@H](NC(=O)/C(=N\OC(C)(C)C(=O)O)c1csc(N)n1)C(=O)O. The van der Waals surface area contributed by atoms with Gasteiger partial charge < -0.3 is 52.4 Å². The third-order valence-electron chi connectivity index (χ3n) is 6.55. The van der Waals surface area contributed by atoms with Gasteiger partial charge in [-0.25, -0.2) is 24.4 Å². The Morgan fingerprint density at radius 1 is 0.755 bits per heavy atom. The van der Waals surface area contributed by atoms with Crippen LogP contribution in [-0.2, 0) is 48.7 Å². The summed E-state index contributed by atoms with van der Waals surface area (Å²) in [6.07, 6.45) is 0. The van der Waals surface area contributed by atoms with Crippen LogP contribution in [0.1, 0.15) is 52.9 Å². The summed E-state index contributed by atoms with van der Waals surface area (Å²) >= 11 is 1.70. The van der Waals surface area contributed by atoms with Gasteiger partial charge in [0.2, 0.25) is 17.1 Å². The van der Waals surface area contributed by atoms with Gasteiger partial charge in [0.25, 0.3) is 11.8 Å². The van der Waals surface area contributed by atoms with Crippen molar-refractivity contribution < 1.29 is 66.7 Å². The van der Waals surface area contributed by atoms with Crippen LogP contribution < -0.4 is 32.1 Å². The van der Waals surface area contributed by atoms with E-state index in [1.54, 1.807) is 4.72 Å². The van der Waals surface area contributed by atoms with Crippen LogP contribution in [0.4, 0.5) is 10.3 Å². The molecule has 0 saturated heterocycles. The second-order valence-corrected chi connectivity index (χ2v) is 14.7. The highest BCUT2D eigenvalue weighted by molar-refractivity contribution is 7.83. The molecule has 0 saturated carbocycles. The van der Waals surface area contributed by atoms with Crippen LogP contribution in [0.25, 0.3) is 0 Å². The average molecular weight is 809 g/mol. The number of oxime groups is 2. The number of rotatable bonds is 19. The van der Waals surface area contributed by atoms with Crippen LogP contribution in [0.3, 0.4) is 0 Å². The zero-order valence-corrected chi connectivity index (χ0v) is 31.0. The van der Waals surface area contributed by atoms with Gasteiger partial charge in [-0.1, -0.05) is 10.3 Å². The molecule has 0 aliphatic rings. The predicted octanol–water partition coefficient (Wildman–Crippen LogP) is -2.03. The van der Waals surface area contributed by atoms with Crippen molar-refractivity contribution in [2.45, 2.75) is 76.9 Å². The standard InChI is InChI=1S/C26H36N10O14S3/c1-9(14(20(40)41)33-19(39)16(12-8-52-24(28)31-12)35-50-26(5,6)22(44)45)29-17(37)13(10(2)36-53(46,47)48)32-18(38)15(11-7-51-23(27)30-11)34-49-25(3,4)21(42)43/h7-10,13-14,36H,1-6H3,(H2,27,30)(H2,28,31)(H,29,37)(H,32,38)(H,33,39)(H,40,41)(H,42,43)(H,44,45)(H,46,47,48)/b34-15-,35-16-/t9-,10-,13-,14-/m0/s1. The van der Waals surface area contributed by atoms with E-state index in [0.717, 1.165) is 64.2 Å². The third-order valence-corrected chi connectivity index (χ3v) is 8.56. The smallest absolute Gasteiger partial charge is 0.350 e. The minimum absolute atomic E-state index is 0.0438. The zero-order chi connectivity index (χ0) is 40.6. The van der Waals surface area contributed by atoms with Crippen molar-refractivity contribution in [2.75, 3.05) is 11.5 Å². The maximum atomic E-state index is 13.6. The monoisotopic (exact) mass is 808 g/mol. The number of carboxylic acid groups (broad SMARTS) is 3. The Balaban J connectivity index is 2.46. The van der Waals surface area contributed by atoms with E-state index in [0.29, 0.717) is 0 Å². The molecule has 2 aromatic rings. The number of aromatic nitrogens is 2. The molecular weight excluding hydrogens is 773 g/mol. The van der Waals surface area contributed by atoms with Crippen molar-refractivity contribution in [3.05, 3.63) is 22.1 Å². The van der Waals surface area contributed by atoms with Crippen molar-refractivity contribution in [3.63, 3.8) is 0 Å². The first kappa shape index (κ1) is 43.7. The second kappa shape index (κ2) is 17.3. The Morgan fingerprint density at radius 3 is 1.47 bits per heavy atom.